The van der Waals surface area contributed by atoms with Crippen molar-refractivity contribution in [2.75, 3.05) is 13.1 Å². The number of amides is 1. The van der Waals surface area contributed by atoms with Crippen molar-refractivity contribution in [1.29, 1.82) is 0 Å². The van der Waals surface area contributed by atoms with E-state index in [1.807, 2.05) is 13.8 Å². The van der Waals surface area contributed by atoms with E-state index in [2.05, 4.69) is 5.32 Å². The number of carbonyl (C=O) groups excluding carboxylic acids is 1. The molecule has 6 nitrogen and oxygen atoms in total. The molecule has 1 aliphatic rings. The quantitative estimate of drug-likeness (QED) is 0.602. The summed E-state index contributed by atoms with van der Waals surface area (Å²) >= 11 is 0. The number of aliphatic hydroxyl groups is 1. The molecule has 1 amide bonds. The zero-order valence-electron chi connectivity index (χ0n) is 10.2. The number of likely N-dealkylation sites (tertiary alicyclic amines) is 1. The van der Waals surface area contributed by atoms with Crippen LogP contribution in [-0.4, -0.2) is 58.3 Å². The second-order valence-electron chi connectivity index (χ2n) is 4.45. The van der Waals surface area contributed by atoms with Gasteiger partial charge < -0.3 is 20.4 Å². The molecule has 3 N–H and O–H groups in total. The SMILES string of the molecule is CCNC(C)CC(=O)N1CC(O)CC1C(=O)O. The molecule has 1 aliphatic heterocycles. The highest BCUT2D eigenvalue weighted by molar-refractivity contribution is 5.84. The Hall–Kier alpha value is -1.14. The maximum absolute atomic E-state index is 11.9. The van der Waals surface area contributed by atoms with Gasteiger partial charge in [-0.3, -0.25) is 4.79 Å². The Morgan fingerprint density at radius 1 is 1.53 bits per heavy atom. The van der Waals surface area contributed by atoms with E-state index < -0.39 is 18.1 Å². The number of hydrogen-bond donors (Lipinski definition) is 3. The van der Waals surface area contributed by atoms with Crippen LogP contribution >= 0.6 is 0 Å². The first kappa shape index (κ1) is 13.9. The third-order valence-corrected chi connectivity index (χ3v) is 2.92. The normalized spacial score (nSPS) is 25.9. The van der Waals surface area contributed by atoms with Crippen molar-refractivity contribution >= 4 is 11.9 Å². The van der Waals surface area contributed by atoms with E-state index in [0.29, 0.717) is 0 Å². The molecule has 3 atom stereocenters. The first-order valence-electron chi connectivity index (χ1n) is 5.89. The van der Waals surface area contributed by atoms with Gasteiger partial charge in [0.15, 0.2) is 0 Å². The number of carbonyl (C=O) groups is 2. The number of aliphatic carboxylic acids is 1. The molecule has 1 saturated heterocycles. The number of aliphatic hydroxyl groups excluding tert-OH is 1. The van der Waals surface area contributed by atoms with Gasteiger partial charge >= 0.3 is 5.97 Å². The van der Waals surface area contributed by atoms with Crippen molar-refractivity contribution < 1.29 is 19.8 Å². The topological polar surface area (TPSA) is 89.9 Å². The van der Waals surface area contributed by atoms with Gasteiger partial charge in [-0.1, -0.05) is 6.92 Å². The highest BCUT2D eigenvalue weighted by Crippen LogP contribution is 2.19. The third kappa shape index (κ3) is 3.67. The lowest BCUT2D eigenvalue weighted by Gasteiger charge is -2.23. The van der Waals surface area contributed by atoms with Crippen LogP contribution < -0.4 is 5.32 Å². The van der Waals surface area contributed by atoms with Gasteiger partial charge in [0.1, 0.15) is 6.04 Å². The van der Waals surface area contributed by atoms with Gasteiger partial charge in [0.25, 0.3) is 0 Å². The summed E-state index contributed by atoms with van der Waals surface area (Å²) in [5.41, 5.74) is 0. The monoisotopic (exact) mass is 244 g/mol. The summed E-state index contributed by atoms with van der Waals surface area (Å²) in [6, 6.07) is -0.869. The molecule has 98 valence electrons. The van der Waals surface area contributed by atoms with Crippen LogP contribution in [0.5, 0.6) is 0 Å². The Balaban J connectivity index is 2.58. The molecular formula is C11H20N2O4. The van der Waals surface area contributed by atoms with Gasteiger partial charge in [-0.05, 0) is 13.5 Å². The zero-order valence-corrected chi connectivity index (χ0v) is 10.2. The Kier molecular flexibility index (Phi) is 4.89. The highest BCUT2D eigenvalue weighted by Gasteiger charge is 2.38. The highest BCUT2D eigenvalue weighted by atomic mass is 16.4. The largest absolute Gasteiger partial charge is 0.480 e. The molecule has 0 saturated carbocycles. The fourth-order valence-electron chi connectivity index (χ4n) is 2.12. The van der Waals surface area contributed by atoms with Crippen LogP contribution in [0.15, 0.2) is 0 Å². The molecular weight excluding hydrogens is 224 g/mol. The molecule has 6 heteroatoms. The number of carboxylic acids is 1. The van der Waals surface area contributed by atoms with Crippen LogP contribution in [0, 0.1) is 0 Å². The van der Waals surface area contributed by atoms with Crippen LogP contribution in [-0.2, 0) is 9.59 Å². The van der Waals surface area contributed by atoms with Gasteiger partial charge in [0, 0.05) is 25.4 Å². The van der Waals surface area contributed by atoms with Crippen LogP contribution in [0.2, 0.25) is 0 Å². The molecule has 0 spiro atoms. The average Bonchev–Trinajstić information content (AvgIpc) is 2.60. The standard InChI is InChI=1S/C11H20N2O4/c1-3-12-7(2)4-10(15)13-6-8(14)5-9(13)11(16)17/h7-9,12,14H,3-6H2,1-2H3,(H,16,17). The number of hydrogen-bond acceptors (Lipinski definition) is 4. The number of nitrogens with zero attached hydrogens (tertiary/aromatic N) is 1. The van der Waals surface area contributed by atoms with Crippen molar-refractivity contribution in [3.63, 3.8) is 0 Å². The van der Waals surface area contributed by atoms with Crippen molar-refractivity contribution in [3.8, 4) is 0 Å². The maximum Gasteiger partial charge on any atom is 0.326 e. The molecule has 0 bridgehead atoms. The smallest absolute Gasteiger partial charge is 0.326 e. The molecule has 17 heavy (non-hydrogen) atoms. The molecule has 0 aliphatic carbocycles. The number of carboxylic acid groups (broad SMARTS) is 1. The van der Waals surface area contributed by atoms with Gasteiger partial charge in [-0.15, -0.1) is 0 Å². The van der Waals surface area contributed by atoms with E-state index in [9.17, 15) is 14.7 Å². The first-order chi connectivity index (χ1) is 7.95. The molecule has 1 rings (SSSR count). The van der Waals surface area contributed by atoms with Gasteiger partial charge in [0.2, 0.25) is 5.91 Å². The zero-order chi connectivity index (χ0) is 13.0. The Morgan fingerprint density at radius 3 is 2.71 bits per heavy atom. The summed E-state index contributed by atoms with van der Waals surface area (Å²) in [5.74, 6) is -1.27. The summed E-state index contributed by atoms with van der Waals surface area (Å²) < 4.78 is 0. The van der Waals surface area contributed by atoms with Gasteiger partial charge in [-0.25, -0.2) is 4.79 Å². The molecule has 3 unspecified atom stereocenters. The third-order valence-electron chi connectivity index (χ3n) is 2.92. The van der Waals surface area contributed by atoms with Crippen LogP contribution in [0.1, 0.15) is 26.7 Å². The minimum absolute atomic E-state index is 0.0136. The number of β-amino-alcohol motifs (C(OH)–C–C–N with tert-alkyl or cyclic N) is 1. The predicted octanol–water partition coefficient (Wildman–Crippen LogP) is -0.579. The lowest BCUT2D eigenvalue weighted by molar-refractivity contribution is -0.148. The molecule has 1 fully saturated rings. The van der Waals surface area contributed by atoms with E-state index in [-0.39, 0.29) is 31.3 Å². The summed E-state index contributed by atoms with van der Waals surface area (Å²) in [5, 5.41) is 21.5. The maximum atomic E-state index is 11.9. The molecule has 0 aromatic heterocycles. The molecule has 0 radical (unpaired) electrons. The second kappa shape index (κ2) is 5.97. The molecule has 0 aromatic rings. The van der Waals surface area contributed by atoms with E-state index in [0.717, 1.165) is 6.54 Å². The van der Waals surface area contributed by atoms with E-state index >= 15 is 0 Å². The second-order valence-corrected chi connectivity index (χ2v) is 4.45. The number of nitrogens with one attached hydrogen (secondary N) is 1. The lowest BCUT2D eigenvalue weighted by atomic mass is 10.2. The van der Waals surface area contributed by atoms with E-state index in [1.54, 1.807) is 0 Å². The minimum atomic E-state index is -1.05. The van der Waals surface area contributed by atoms with Crippen molar-refractivity contribution in [2.45, 2.75) is 44.9 Å². The first-order valence-corrected chi connectivity index (χ1v) is 5.89. The molecule has 1 heterocycles. The van der Waals surface area contributed by atoms with Crippen molar-refractivity contribution in [3.05, 3.63) is 0 Å². The van der Waals surface area contributed by atoms with Crippen LogP contribution in [0.4, 0.5) is 0 Å². The van der Waals surface area contributed by atoms with Crippen LogP contribution in [0.3, 0.4) is 0 Å². The molecule has 0 aromatic carbocycles. The number of rotatable bonds is 5. The summed E-state index contributed by atoms with van der Waals surface area (Å²) in [7, 11) is 0. The summed E-state index contributed by atoms with van der Waals surface area (Å²) in [6.45, 7) is 4.71. The fourth-order valence-corrected chi connectivity index (χ4v) is 2.12. The lowest BCUT2D eigenvalue weighted by Crippen LogP contribution is -2.43. The summed E-state index contributed by atoms with van der Waals surface area (Å²) in [6.07, 6.45) is -0.351. The summed E-state index contributed by atoms with van der Waals surface area (Å²) in [4.78, 5) is 24.1. The van der Waals surface area contributed by atoms with Crippen molar-refractivity contribution in [1.82, 2.24) is 10.2 Å². The Morgan fingerprint density at radius 2 is 2.18 bits per heavy atom. The van der Waals surface area contributed by atoms with Crippen molar-refractivity contribution in [2.24, 2.45) is 0 Å². The minimum Gasteiger partial charge on any atom is -0.480 e. The van der Waals surface area contributed by atoms with E-state index in [4.69, 9.17) is 5.11 Å². The Labute approximate surface area is 101 Å². The average molecular weight is 244 g/mol. The predicted molar refractivity (Wildman–Crippen MR) is 61.5 cm³/mol. The Bertz CT molecular complexity index is 295. The van der Waals surface area contributed by atoms with E-state index in [1.165, 1.54) is 4.90 Å². The van der Waals surface area contributed by atoms with Crippen LogP contribution in [0.25, 0.3) is 0 Å². The van der Waals surface area contributed by atoms with Gasteiger partial charge in [0.05, 0.1) is 6.10 Å². The fraction of sp³-hybridized carbons (Fsp3) is 0.818. The van der Waals surface area contributed by atoms with Gasteiger partial charge in [-0.2, -0.15) is 0 Å².